The smallest absolute Gasteiger partial charge is 0.181 e. The number of rotatable bonds is 4. The fourth-order valence-corrected chi connectivity index (χ4v) is 3.42. The highest BCUT2D eigenvalue weighted by Gasteiger charge is 2.24. The Morgan fingerprint density at radius 3 is 2.39 bits per heavy atom. The summed E-state index contributed by atoms with van der Waals surface area (Å²) in [5.74, 6) is -0.889. The highest BCUT2D eigenvalue weighted by Crippen LogP contribution is 2.29. The first kappa shape index (κ1) is 17.7. The van der Waals surface area contributed by atoms with Crippen LogP contribution in [0.1, 0.15) is 38.1 Å². The summed E-state index contributed by atoms with van der Waals surface area (Å²) in [7, 11) is 0. The Bertz CT molecular complexity index is 725. The second kappa shape index (κ2) is 6.83. The molecule has 2 aromatic carbocycles. The van der Waals surface area contributed by atoms with Gasteiger partial charge in [0.05, 0.1) is 22.5 Å². The number of carbonyl (C=O) groups is 1. The van der Waals surface area contributed by atoms with Crippen molar-refractivity contribution in [3.8, 4) is 11.1 Å². The van der Waals surface area contributed by atoms with Gasteiger partial charge in [0, 0.05) is 5.56 Å². The predicted octanol–water partition coefficient (Wildman–Crippen LogP) is 4.11. The van der Waals surface area contributed by atoms with Gasteiger partial charge < -0.3 is 4.55 Å². The van der Waals surface area contributed by atoms with Crippen molar-refractivity contribution in [1.82, 2.24) is 4.72 Å². The Labute approximate surface area is 139 Å². The van der Waals surface area contributed by atoms with Gasteiger partial charge in [-0.3, -0.25) is 4.79 Å². The van der Waals surface area contributed by atoms with Gasteiger partial charge in [0.25, 0.3) is 0 Å². The molecular formula is C18H20FNO2S. The minimum absolute atomic E-state index is 0.0557. The van der Waals surface area contributed by atoms with Crippen molar-refractivity contribution >= 4 is 17.1 Å². The minimum atomic E-state index is -1.43. The third-order valence-electron chi connectivity index (χ3n) is 3.15. The molecule has 0 spiro atoms. The maximum absolute atomic E-state index is 14.1. The standard InChI is InChI=1S/C18H20FNO2S/c1-12(21)14-10-9-13(11-16(14)19)15-7-5-6-8-17(15)23(22)20-18(2,3)4/h5-11,20H,1-4H3. The number of carbonyl (C=O) groups excluding carboxylic acids is 1. The van der Waals surface area contributed by atoms with Gasteiger partial charge in [-0.1, -0.05) is 18.2 Å². The molecule has 1 atom stereocenters. The minimum Gasteiger partial charge on any atom is -0.593 e. The van der Waals surface area contributed by atoms with Crippen LogP contribution in [-0.2, 0) is 11.4 Å². The van der Waals surface area contributed by atoms with Gasteiger partial charge in [-0.2, -0.15) is 0 Å². The van der Waals surface area contributed by atoms with E-state index in [-0.39, 0.29) is 16.9 Å². The van der Waals surface area contributed by atoms with Crippen LogP contribution in [0.3, 0.4) is 0 Å². The van der Waals surface area contributed by atoms with Crippen molar-refractivity contribution in [2.45, 2.75) is 38.1 Å². The average Bonchev–Trinajstić information content (AvgIpc) is 2.45. The maximum Gasteiger partial charge on any atom is 0.181 e. The molecule has 0 saturated heterocycles. The Morgan fingerprint density at radius 2 is 1.83 bits per heavy atom. The van der Waals surface area contributed by atoms with E-state index in [2.05, 4.69) is 4.72 Å². The van der Waals surface area contributed by atoms with E-state index in [0.717, 1.165) is 0 Å². The second-order valence-corrected chi connectivity index (χ2v) is 7.55. The first-order valence-electron chi connectivity index (χ1n) is 7.28. The topological polar surface area (TPSA) is 52.2 Å². The lowest BCUT2D eigenvalue weighted by molar-refractivity contribution is 0.101. The van der Waals surface area contributed by atoms with Gasteiger partial charge in [0.15, 0.2) is 10.7 Å². The zero-order valence-electron chi connectivity index (χ0n) is 13.6. The highest BCUT2D eigenvalue weighted by atomic mass is 32.2. The van der Waals surface area contributed by atoms with Crippen molar-refractivity contribution < 1.29 is 13.7 Å². The summed E-state index contributed by atoms with van der Waals surface area (Å²) in [4.78, 5) is 11.9. The fraction of sp³-hybridized carbons (Fsp3) is 0.278. The summed E-state index contributed by atoms with van der Waals surface area (Å²) in [5, 5.41) is 0. The highest BCUT2D eigenvalue weighted by molar-refractivity contribution is 7.89. The molecule has 0 saturated carbocycles. The monoisotopic (exact) mass is 333 g/mol. The van der Waals surface area contributed by atoms with E-state index < -0.39 is 17.2 Å². The molecule has 0 heterocycles. The van der Waals surface area contributed by atoms with E-state index in [0.29, 0.717) is 16.0 Å². The number of hydrogen-bond donors (Lipinski definition) is 1. The molecule has 0 aliphatic rings. The first-order valence-corrected chi connectivity index (χ1v) is 8.43. The SMILES string of the molecule is CC(=O)c1ccc(-c2ccccc2[S+]([O-])NC(C)(C)C)cc1F. The molecule has 1 unspecified atom stereocenters. The molecule has 0 aromatic heterocycles. The zero-order valence-corrected chi connectivity index (χ0v) is 14.5. The van der Waals surface area contributed by atoms with Crippen molar-refractivity contribution in [1.29, 1.82) is 0 Å². The number of halogens is 1. The summed E-state index contributed by atoms with van der Waals surface area (Å²) in [6.45, 7) is 7.10. The van der Waals surface area contributed by atoms with E-state index >= 15 is 0 Å². The third-order valence-corrected chi connectivity index (χ3v) is 4.70. The molecule has 1 N–H and O–H groups in total. The van der Waals surface area contributed by atoms with Crippen LogP contribution in [0.2, 0.25) is 0 Å². The summed E-state index contributed by atoms with van der Waals surface area (Å²) in [6, 6.07) is 11.6. The molecule has 122 valence electrons. The van der Waals surface area contributed by atoms with Crippen LogP contribution in [0.25, 0.3) is 11.1 Å². The number of nitrogens with one attached hydrogen (secondary N) is 1. The number of ketones is 1. The van der Waals surface area contributed by atoms with Gasteiger partial charge in [0.2, 0.25) is 0 Å². The van der Waals surface area contributed by atoms with Crippen molar-refractivity contribution in [2.24, 2.45) is 0 Å². The number of benzene rings is 2. The molecule has 23 heavy (non-hydrogen) atoms. The summed E-state index contributed by atoms with van der Waals surface area (Å²) >= 11 is -1.43. The molecule has 0 amide bonds. The summed E-state index contributed by atoms with van der Waals surface area (Å²) in [5.41, 5.74) is 1.01. The molecule has 5 heteroatoms. The van der Waals surface area contributed by atoms with Crippen LogP contribution in [0.15, 0.2) is 47.4 Å². The lowest BCUT2D eigenvalue weighted by Gasteiger charge is -2.23. The number of hydrogen-bond acceptors (Lipinski definition) is 3. The molecule has 0 fully saturated rings. The fourth-order valence-electron chi connectivity index (χ4n) is 2.17. The lowest BCUT2D eigenvalue weighted by Crippen LogP contribution is -2.40. The first-order chi connectivity index (χ1) is 10.7. The molecule has 3 nitrogen and oxygen atoms in total. The van der Waals surface area contributed by atoms with Crippen LogP contribution < -0.4 is 4.72 Å². The van der Waals surface area contributed by atoms with Gasteiger partial charge >= 0.3 is 0 Å². The van der Waals surface area contributed by atoms with Crippen LogP contribution >= 0.6 is 0 Å². The predicted molar refractivity (Wildman–Crippen MR) is 91.1 cm³/mol. The largest absolute Gasteiger partial charge is 0.593 e. The third kappa shape index (κ3) is 4.41. The molecule has 0 bridgehead atoms. The summed E-state index contributed by atoms with van der Waals surface area (Å²) in [6.07, 6.45) is 0. The second-order valence-electron chi connectivity index (χ2n) is 6.37. The molecule has 2 aromatic rings. The number of Topliss-reactive ketones (excluding diaryl/α,β-unsaturated/α-hetero) is 1. The van der Waals surface area contributed by atoms with Crippen LogP contribution in [0.5, 0.6) is 0 Å². The van der Waals surface area contributed by atoms with Crippen molar-refractivity contribution in [3.05, 3.63) is 53.8 Å². The van der Waals surface area contributed by atoms with Crippen molar-refractivity contribution in [3.63, 3.8) is 0 Å². The van der Waals surface area contributed by atoms with E-state index in [9.17, 15) is 13.7 Å². The van der Waals surface area contributed by atoms with Gasteiger partial charge in [0.1, 0.15) is 5.82 Å². The normalized spacial score (nSPS) is 13.0. The molecular weight excluding hydrogens is 313 g/mol. The molecule has 0 radical (unpaired) electrons. The molecule has 0 aliphatic carbocycles. The van der Waals surface area contributed by atoms with E-state index in [1.54, 1.807) is 24.3 Å². The Hall–Kier alpha value is -1.69. The van der Waals surface area contributed by atoms with Crippen LogP contribution in [0.4, 0.5) is 4.39 Å². The Morgan fingerprint density at radius 1 is 1.17 bits per heavy atom. The van der Waals surface area contributed by atoms with Crippen molar-refractivity contribution in [2.75, 3.05) is 0 Å². The zero-order chi connectivity index (χ0) is 17.2. The van der Waals surface area contributed by atoms with Crippen LogP contribution in [0, 0.1) is 5.82 Å². The van der Waals surface area contributed by atoms with Gasteiger partial charge in [-0.05, 0) is 57.5 Å². The maximum atomic E-state index is 14.1. The summed E-state index contributed by atoms with van der Waals surface area (Å²) < 4.78 is 29.7. The lowest BCUT2D eigenvalue weighted by atomic mass is 10.0. The van der Waals surface area contributed by atoms with Gasteiger partial charge in [-0.15, -0.1) is 4.72 Å². The van der Waals surface area contributed by atoms with Crippen LogP contribution in [-0.4, -0.2) is 15.9 Å². The Balaban J connectivity index is 2.45. The molecule has 2 rings (SSSR count). The van der Waals surface area contributed by atoms with Gasteiger partial charge in [-0.25, -0.2) is 4.39 Å². The van der Waals surface area contributed by atoms with E-state index in [1.165, 1.54) is 19.1 Å². The van der Waals surface area contributed by atoms with E-state index in [1.807, 2.05) is 26.8 Å². The average molecular weight is 333 g/mol. The van der Waals surface area contributed by atoms with E-state index in [4.69, 9.17) is 0 Å². The Kier molecular flexibility index (Phi) is 5.24. The quantitative estimate of drug-likeness (QED) is 0.677. The molecule has 0 aliphatic heterocycles.